The van der Waals surface area contributed by atoms with Crippen LogP contribution in [-0.4, -0.2) is 59.5 Å². The molecular formula is C20H37N3O4. The van der Waals surface area contributed by atoms with Crippen LogP contribution in [0.25, 0.3) is 0 Å². The van der Waals surface area contributed by atoms with Crippen LogP contribution in [0.3, 0.4) is 0 Å². The zero-order chi connectivity index (χ0) is 21.7. The maximum absolute atomic E-state index is 13.3. The van der Waals surface area contributed by atoms with Crippen LogP contribution in [0.1, 0.15) is 55.4 Å². The number of carbonyl (C=O) groups excluding carboxylic acids is 2. The van der Waals surface area contributed by atoms with Gasteiger partial charge in [0.2, 0.25) is 11.8 Å². The first kappa shape index (κ1) is 25.1. The van der Waals surface area contributed by atoms with Crippen molar-refractivity contribution in [2.45, 2.75) is 73.0 Å². The Bertz CT molecular complexity index is 589. The van der Waals surface area contributed by atoms with Crippen LogP contribution >= 0.6 is 0 Å². The van der Waals surface area contributed by atoms with Gasteiger partial charge in [0.25, 0.3) is 0 Å². The largest absolute Gasteiger partial charge is 0.478 e. The fourth-order valence-corrected chi connectivity index (χ4v) is 2.50. The maximum Gasteiger partial charge on any atom is 0.331 e. The van der Waals surface area contributed by atoms with Gasteiger partial charge in [0.05, 0.1) is 11.6 Å². The number of hydrogen-bond acceptors (Lipinski definition) is 4. The molecule has 0 aromatic rings. The lowest BCUT2D eigenvalue weighted by Crippen LogP contribution is -2.61. The molecule has 0 aromatic heterocycles. The van der Waals surface area contributed by atoms with Crippen molar-refractivity contribution >= 4 is 17.8 Å². The standard InChI is InChI=1S/C20H37N3O4/c1-12(2)14(11-13(3)17(25)26)23(10)16(24)15(19(4,5)6)22-18(27)20(7,8)21-9/h11-12,14-15,21H,1-10H3,(H,22,27)(H,25,26)/b13-11+/t14-,15-/m1/s1. The highest BCUT2D eigenvalue weighted by Gasteiger charge is 2.39. The summed E-state index contributed by atoms with van der Waals surface area (Å²) in [5.41, 5.74) is -1.15. The number of carbonyl (C=O) groups is 3. The number of carboxylic acid groups (broad SMARTS) is 1. The second-order valence-corrected chi connectivity index (χ2v) is 8.99. The zero-order valence-corrected chi connectivity index (χ0v) is 18.4. The average molecular weight is 384 g/mol. The van der Waals surface area contributed by atoms with Crippen molar-refractivity contribution in [2.24, 2.45) is 11.3 Å². The summed E-state index contributed by atoms with van der Waals surface area (Å²) in [6.45, 7) is 14.5. The SMILES string of the molecule is CNC(C)(C)C(=O)N[C@H](C(=O)N(C)[C@H](/C=C(\C)C(=O)O)C(C)C)C(C)(C)C. The Balaban J connectivity index is 5.81. The molecule has 0 aliphatic rings. The summed E-state index contributed by atoms with van der Waals surface area (Å²) in [4.78, 5) is 38.6. The Labute approximate surface area is 163 Å². The highest BCUT2D eigenvalue weighted by molar-refractivity contribution is 5.92. The van der Waals surface area contributed by atoms with Crippen LogP contribution in [0.5, 0.6) is 0 Å². The second-order valence-electron chi connectivity index (χ2n) is 8.99. The van der Waals surface area contributed by atoms with Gasteiger partial charge in [0.1, 0.15) is 6.04 Å². The monoisotopic (exact) mass is 383 g/mol. The molecule has 2 atom stereocenters. The Kier molecular flexibility index (Phi) is 8.70. The summed E-state index contributed by atoms with van der Waals surface area (Å²) < 4.78 is 0. The van der Waals surface area contributed by atoms with Gasteiger partial charge >= 0.3 is 5.97 Å². The van der Waals surface area contributed by atoms with E-state index >= 15 is 0 Å². The molecule has 0 radical (unpaired) electrons. The molecule has 7 heteroatoms. The van der Waals surface area contributed by atoms with Gasteiger partial charge in [-0.3, -0.25) is 9.59 Å². The molecule has 0 aliphatic carbocycles. The number of nitrogens with one attached hydrogen (secondary N) is 2. The van der Waals surface area contributed by atoms with Crippen LogP contribution in [-0.2, 0) is 14.4 Å². The summed E-state index contributed by atoms with van der Waals surface area (Å²) >= 11 is 0. The van der Waals surface area contributed by atoms with Gasteiger partial charge in [-0.1, -0.05) is 40.7 Å². The molecule has 2 amide bonds. The van der Waals surface area contributed by atoms with E-state index in [2.05, 4.69) is 10.6 Å². The highest BCUT2D eigenvalue weighted by Crippen LogP contribution is 2.24. The lowest BCUT2D eigenvalue weighted by molar-refractivity contribution is -0.141. The van der Waals surface area contributed by atoms with E-state index in [0.717, 1.165) is 0 Å². The summed E-state index contributed by atoms with van der Waals surface area (Å²) in [6, 6.07) is -1.14. The van der Waals surface area contributed by atoms with Crippen molar-refractivity contribution in [1.82, 2.24) is 15.5 Å². The van der Waals surface area contributed by atoms with E-state index in [1.54, 1.807) is 34.0 Å². The number of carboxylic acids is 1. The molecule has 0 unspecified atom stereocenters. The molecular weight excluding hydrogens is 346 g/mol. The number of aliphatic carboxylic acids is 1. The summed E-state index contributed by atoms with van der Waals surface area (Å²) in [5, 5.41) is 15.0. The van der Waals surface area contributed by atoms with Crippen LogP contribution in [0.2, 0.25) is 0 Å². The summed E-state index contributed by atoms with van der Waals surface area (Å²) in [7, 11) is 3.33. The predicted octanol–water partition coefficient (Wildman–Crippen LogP) is 2.03. The van der Waals surface area contributed by atoms with Crippen LogP contribution < -0.4 is 10.6 Å². The number of likely N-dealkylation sites (N-methyl/N-ethyl adjacent to an activating group) is 2. The fourth-order valence-electron chi connectivity index (χ4n) is 2.50. The van der Waals surface area contributed by atoms with Gasteiger partial charge in [0.15, 0.2) is 0 Å². The highest BCUT2D eigenvalue weighted by atomic mass is 16.4. The molecule has 0 rings (SSSR count). The molecule has 156 valence electrons. The first-order chi connectivity index (χ1) is 12.1. The number of amides is 2. The minimum Gasteiger partial charge on any atom is -0.478 e. The molecule has 27 heavy (non-hydrogen) atoms. The van der Waals surface area contributed by atoms with E-state index in [-0.39, 0.29) is 23.3 Å². The van der Waals surface area contributed by atoms with Gasteiger partial charge in [-0.05, 0) is 39.2 Å². The number of hydrogen-bond donors (Lipinski definition) is 3. The van der Waals surface area contributed by atoms with Crippen molar-refractivity contribution in [3.63, 3.8) is 0 Å². The minimum atomic E-state index is -1.02. The van der Waals surface area contributed by atoms with Gasteiger partial charge in [-0.25, -0.2) is 4.79 Å². The first-order valence-electron chi connectivity index (χ1n) is 9.24. The third kappa shape index (κ3) is 6.97. The lowest BCUT2D eigenvalue weighted by Gasteiger charge is -2.38. The van der Waals surface area contributed by atoms with Crippen molar-refractivity contribution in [3.05, 3.63) is 11.6 Å². The molecule has 0 aliphatic heterocycles. The summed E-state index contributed by atoms with van der Waals surface area (Å²) in [6.07, 6.45) is 1.59. The van der Waals surface area contributed by atoms with Gasteiger partial charge in [0, 0.05) is 12.6 Å². The molecule has 0 fully saturated rings. The van der Waals surface area contributed by atoms with Crippen molar-refractivity contribution in [3.8, 4) is 0 Å². The summed E-state index contributed by atoms with van der Waals surface area (Å²) in [5.74, 6) is -1.53. The van der Waals surface area contributed by atoms with E-state index in [0.29, 0.717) is 0 Å². The number of rotatable bonds is 8. The average Bonchev–Trinajstić information content (AvgIpc) is 2.54. The van der Waals surface area contributed by atoms with Crippen molar-refractivity contribution in [1.29, 1.82) is 0 Å². The molecule has 0 aromatic carbocycles. The second kappa shape index (κ2) is 9.35. The lowest BCUT2D eigenvalue weighted by atomic mass is 9.84. The fraction of sp³-hybridized carbons (Fsp3) is 0.750. The van der Waals surface area contributed by atoms with Gasteiger partial charge < -0.3 is 20.6 Å². The molecule has 0 saturated heterocycles. The van der Waals surface area contributed by atoms with Gasteiger partial charge in [-0.2, -0.15) is 0 Å². The van der Waals surface area contributed by atoms with Gasteiger partial charge in [-0.15, -0.1) is 0 Å². The Hall–Kier alpha value is -1.89. The van der Waals surface area contributed by atoms with E-state index in [1.807, 2.05) is 34.6 Å². The van der Waals surface area contributed by atoms with E-state index in [9.17, 15) is 19.5 Å². The third-order valence-corrected chi connectivity index (χ3v) is 4.82. The topological polar surface area (TPSA) is 98.7 Å². The Morgan fingerprint density at radius 2 is 1.56 bits per heavy atom. The Morgan fingerprint density at radius 1 is 1.07 bits per heavy atom. The zero-order valence-electron chi connectivity index (χ0n) is 18.4. The molecule has 3 N–H and O–H groups in total. The maximum atomic E-state index is 13.3. The molecule has 0 heterocycles. The van der Waals surface area contributed by atoms with E-state index < -0.39 is 29.0 Å². The Morgan fingerprint density at radius 3 is 1.89 bits per heavy atom. The van der Waals surface area contributed by atoms with Crippen LogP contribution in [0.15, 0.2) is 11.6 Å². The van der Waals surface area contributed by atoms with Crippen LogP contribution in [0.4, 0.5) is 0 Å². The smallest absolute Gasteiger partial charge is 0.331 e. The van der Waals surface area contributed by atoms with E-state index in [4.69, 9.17) is 0 Å². The predicted molar refractivity (Wildman–Crippen MR) is 107 cm³/mol. The molecule has 0 spiro atoms. The molecule has 0 saturated carbocycles. The minimum absolute atomic E-state index is 0.0123. The van der Waals surface area contributed by atoms with Crippen molar-refractivity contribution < 1.29 is 19.5 Å². The van der Waals surface area contributed by atoms with E-state index in [1.165, 1.54) is 11.8 Å². The van der Waals surface area contributed by atoms with Crippen LogP contribution in [0, 0.1) is 11.3 Å². The number of nitrogens with zero attached hydrogens (tertiary/aromatic N) is 1. The van der Waals surface area contributed by atoms with Crippen molar-refractivity contribution in [2.75, 3.05) is 14.1 Å². The normalized spacial score (nSPS) is 15.3. The quantitative estimate of drug-likeness (QED) is 0.557. The molecule has 0 bridgehead atoms. The molecule has 7 nitrogen and oxygen atoms in total. The third-order valence-electron chi connectivity index (χ3n) is 4.82. The first-order valence-corrected chi connectivity index (χ1v) is 9.24.